The molecule has 3 nitrogen and oxygen atoms in total. The lowest BCUT2D eigenvalue weighted by Crippen LogP contribution is -2.12. The summed E-state index contributed by atoms with van der Waals surface area (Å²) in [6.07, 6.45) is 0. The van der Waals surface area contributed by atoms with Crippen LogP contribution in [0.2, 0.25) is 0 Å². The molecule has 0 amide bonds. The van der Waals surface area contributed by atoms with E-state index in [-0.39, 0.29) is 5.72 Å². The Labute approximate surface area is 74.6 Å². The van der Waals surface area contributed by atoms with Gasteiger partial charge in [-0.15, -0.1) is 0 Å². The van der Waals surface area contributed by atoms with Gasteiger partial charge in [-0.1, -0.05) is 34.8 Å². The van der Waals surface area contributed by atoms with Gasteiger partial charge in [-0.25, -0.2) is 4.84 Å². The van der Waals surface area contributed by atoms with Crippen LogP contribution in [0.1, 0.15) is 5.56 Å². The van der Waals surface area contributed by atoms with Gasteiger partial charge in [0.05, 0.1) is 0 Å². The minimum absolute atomic E-state index is 0.272. The maximum atomic E-state index is 5.40. The average Bonchev–Trinajstić information content (AvgIpc) is 2.72. The minimum Gasteiger partial charge on any atom is -0.294 e. The summed E-state index contributed by atoms with van der Waals surface area (Å²) in [6.45, 7) is 0.613. The molecular formula is C8H7NO2S. The van der Waals surface area contributed by atoms with Crippen LogP contribution in [-0.4, -0.2) is 11.1 Å². The summed E-state index contributed by atoms with van der Waals surface area (Å²) in [5, 5.41) is 0. The molecule has 2 unspecified atom stereocenters. The lowest BCUT2D eigenvalue weighted by molar-refractivity contribution is 0.180. The van der Waals surface area contributed by atoms with Crippen molar-refractivity contribution in [3.05, 3.63) is 35.9 Å². The van der Waals surface area contributed by atoms with Gasteiger partial charge in [0, 0.05) is 5.56 Å². The first kappa shape index (κ1) is 6.91. The van der Waals surface area contributed by atoms with E-state index in [0.717, 1.165) is 5.56 Å². The lowest BCUT2D eigenvalue weighted by atomic mass is 10.1. The zero-order chi connectivity index (χ0) is 8.02. The normalized spacial score (nSPS) is 37.8. The van der Waals surface area contributed by atoms with Gasteiger partial charge in [0.2, 0.25) is 5.72 Å². The Bertz CT molecular complexity index is 305. The SMILES string of the molecule is c1ccc(C23COSN2O3)cc1. The summed E-state index contributed by atoms with van der Waals surface area (Å²) >= 11 is 1.28. The minimum atomic E-state index is -0.272. The maximum Gasteiger partial charge on any atom is 0.228 e. The maximum absolute atomic E-state index is 5.40. The van der Waals surface area contributed by atoms with Crippen molar-refractivity contribution in [2.75, 3.05) is 6.61 Å². The number of nitrogens with zero attached hydrogens (tertiary/aromatic N) is 1. The van der Waals surface area contributed by atoms with Crippen molar-refractivity contribution in [1.29, 1.82) is 0 Å². The van der Waals surface area contributed by atoms with Crippen LogP contribution < -0.4 is 0 Å². The van der Waals surface area contributed by atoms with Crippen LogP contribution >= 0.6 is 12.2 Å². The molecule has 1 aromatic carbocycles. The molecular weight excluding hydrogens is 174 g/mol. The third kappa shape index (κ3) is 0.778. The van der Waals surface area contributed by atoms with Crippen LogP contribution in [0.3, 0.4) is 0 Å². The molecule has 0 spiro atoms. The highest BCUT2D eigenvalue weighted by molar-refractivity contribution is 7.92. The van der Waals surface area contributed by atoms with Crippen LogP contribution in [-0.2, 0) is 14.7 Å². The molecule has 1 aromatic rings. The number of hydrogen-bond donors (Lipinski definition) is 0. The van der Waals surface area contributed by atoms with Gasteiger partial charge >= 0.3 is 0 Å². The second kappa shape index (κ2) is 2.23. The molecule has 0 aromatic heterocycles. The third-order valence-corrected chi connectivity index (χ3v) is 2.82. The first-order valence-electron chi connectivity index (χ1n) is 3.76. The smallest absolute Gasteiger partial charge is 0.228 e. The van der Waals surface area contributed by atoms with Crippen molar-refractivity contribution in [2.45, 2.75) is 5.72 Å². The molecule has 2 fully saturated rings. The molecule has 3 rings (SSSR count). The zero-order valence-electron chi connectivity index (χ0n) is 6.27. The van der Waals surface area contributed by atoms with E-state index in [1.165, 1.54) is 12.2 Å². The molecule has 0 radical (unpaired) electrons. The van der Waals surface area contributed by atoms with Gasteiger partial charge in [0.25, 0.3) is 0 Å². The highest BCUT2D eigenvalue weighted by atomic mass is 32.2. The Kier molecular flexibility index (Phi) is 1.29. The van der Waals surface area contributed by atoms with Gasteiger partial charge in [-0.05, 0) is 0 Å². The number of benzene rings is 1. The molecule has 62 valence electrons. The van der Waals surface area contributed by atoms with Crippen LogP contribution in [0.4, 0.5) is 0 Å². The van der Waals surface area contributed by atoms with Crippen LogP contribution in [0.15, 0.2) is 30.3 Å². The molecule has 2 aliphatic heterocycles. The van der Waals surface area contributed by atoms with E-state index < -0.39 is 0 Å². The predicted molar refractivity (Wildman–Crippen MR) is 44.6 cm³/mol. The zero-order valence-corrected chi connectivity index (χ0v) is 7.08. The summed E-state index contributed by atoms with van der Waals surface area (Å²) in [4.78, 5) is 5.40. The van der Waals surface area contributed by atoms with E-state index in [1.54, 1.807) is 4.47 Å². The molecule has 2 heterocycles. The van der Waals surface area contributed by atoms with Gasteiger partial charge < -0.3 is 0 Å². The number of hydrogen-bond acceptors (Lipinski definition) is 4. The molecule has 2 atom stereocenters. The second-order valence-electron chi connectivity index (χ2n) is 2.84. The monoisotopic (exact) mass is 181 g/mol. The molecule has 0 saturated carbocycles. The van der Waals surface area contributed by atoms with Crippen molar-refractivity contribution < 1.29 is 9.02 Å². The fraction of sp³-hybridized carbons (Fsp3) is 0.250. The van der Waals surface area contributed by atoms with Crippen molar-refractivity contribution in [3.63, 3.8) is 0 Å². The largest absolute Gasteiger partial charge is 0.294 e. The van der Waals surface area contributed by atoms with Crippen LogP contribution in [0, 0.1) is 0 Å². The molecule has 4 heteroatoms. The molecule has 0 bridgehead atoms. The quantitative estimate of drug-likeness (QED) is 0.374. The summed E-state index contributed by atoms with van der Waals surface area (Å²) in [5.41, 5.74) is 0.890. The first-order chi connectivity index (χ1) is 5.92. The highest BCUT2D eigenvalue weighted by Gasteiger charge is 2.63. The third-order valence-electron chi connectivity index (χ3n) is 2.10. The molecule has 2 saturated heterocycles. The Hall–Kier alpha value is -0.550. The van der Waals surface area contributed by atoms with Crippen LogP contribution in [0.25, 0.3) is 0 Å². The topological polar surface area (TPSA) is 24.8 Å². The standard InChI is InChI=1S/C8H7NO2S/c1-2-4-7(5-3-1)8-6-10-12-9(8)11-8/h1-5H,6H2. The predicted octanol–water partition coefficient (Wildman–Crippen LogP) is 1.68. The van der Waals surface area contributed by atoms with Crippen molar-refractivity contribution in [1.82, 2.24) is 4.47 Å². The van der Waals surface area contributed by atoms with E-state index in [9.17, 15) is 0 Å². The summed E-state index contributed by atoms with van der Waals surface area (Å²) in [5.74, 6) is 0. The fourth-order valence-corrected chi connectivity index (χ4v) is 2.11. The Morgan fingerprint density at radius 1 is 1.33 bits per heavy atom. The number of fused-ring (bicyclic) bond motifs is 1. The second-order valence-corrected chi connectivity index (χ2v) is 3.55. The van der Waals surface area contributed by atoms with Crippen molar-refractivity contribution in [3.8, 4) is 0 Å². The molecule has 2 aliphatic rings. The fourth-order valence-electron chi connectivity index (χ4n) is 1.37. The molecule has 0 N–H and O–H groups in total. The van der Waals surface area contributed by atoms with E-state index in [1.807, 2.05) is 18.2 Å². The lowest BCUT2D eigenvalue weighted by Gasteiger charge is -2.02. The molecule has 12 heavy (non-hydrogen) atoms. The van der Waals surface area contributed by atoms with Gasteiger partial charge in [0.1, 0.15) is 18.8 Å². The van der Waals surface area contributed by atoms with Gasteiger partial charge in [-0.3, -0.25) is 4.18 Å². The highest BCUT2D eigenvalue weighted by Crippen LogP contribution is 2.55. The van der Waals surface area contributed by atoms with E-state index in [2.05, 4.69) is 12.1 Å². The summed E-state index contributed by atoms with van der Waals surface area (Å²) in [6, 6.07) is 10.1. The summed E-state index contributed by atoms with van der Waals surface area (Å²) < 4.78 is 6.96. The summed E-state index contributed by atoms with van der Waals surface area (Å²) in [7, 11) is 0. The van der Waals surface area contributed by atoms with Crippen LogP contribution in [0.5, 0.6) is 0 Å². The Morgan fingerprint density at radius 2 is 2.17 bits per heavy atom. The Morgan fingerprint density at radius 3 is 2.75 bits per heavy atom. The van der Waals surface area contributed by atoms with Gasteiger partial charge in [-0.2, -0.15) is 0 Å². The van der Waals surface area contributed by atoms with E-state index >= 15 is 0 Å². The average molecular weight is 181 g/mol. The number of rotatable bonds is 1. The molecule has 0 aliphatic carbocycles. The van der Waals surface area contributed by atoms with Gasteiger partial charge in [0.15, 0.2) is 0 Å². The van der Waals surface area contributed by atoms with Crippen molar-refractivity contribution in [2.24, 2.45) is 0 Å². The first-order valence-corrected chi connectivity index (χ1v) is 4.46. The Balaban J connectivity index is 2.00. The van der Waals surface area contributed by atoms with E-state index in [4.69, 9.17) is 9.02 Å². The van der Waals surface area contributed by atoms with E-state index in [0.29, 0.717) is 6.61 Å². The number of hydroxylamine groups is 1. The van der Waals surface area contributed by atoms with Crippen molar-refractivity contribution >= 4 is 12.2 Å².